The normalized spacial score (nSPS) is 14.1. The van der Waals surface area contributed by atoms with E-state index < -0.39 is 41.6 Å². The minimum absolute atomic E-state index is 0.115. The number of amides is 4. The third kappa shape index (κ3) is 10.5. The quantitative estimate of drug-likeness (QED) is 0.178. The molecule has 0 radical (unpaired) electrons. The maximum Gasteiger partial charge on any atom is 0.244 e. The summed E-state index contributed by atoms with van der Waals surface area (Å²) in [6.45, 7) is 7.30. The second kappa shape index (κ2) is 13.1. The van der Waals surface area contributed by atoms with Crippen molar-refractivity contribution in [1.29, 1.82) is 0 Å². The van der Waals surface area contributed by atoms with Crippen LogP contribution in [0.4, 0.5) is 0 Å². The molecule has 0 aliphatic carbocycles. The number of hydroxylamine groups is 1. The summed E-state index contributed by atoms with van der Waals surface area (Å²) in [5.74, 6) is -2.79. The van der Waals surface area contributed by atoms with Gasteiger partial charge in [-0.1, -0.05) is 40.0 Å². The van der Waals surface area contributed by atoms with Gasteiger partial charge in [0.2, 0.25) is 23.6 Å². The largest absolute Gasteiger partial charge is 0.368 e. The van der Waals surface area contributed by atoms with Crippen molar-refractivity contribution in [3.8, 4) is 0 Å². The van der Waals surface area contributed by atoms with E-state index in [-0.39, 0.29) is 12.3 Å². The fourth-order valence-electron chi connectivity index (χ4n) is 2.61. The average molecular weight is 386 g/mol. The predicted octanol–water partition coefficient (Wildman–Crippen LogP) is 0.599. The molecule has 0 aliphatic heterocycles. The number of hydrogen-bond acceptors (Lipinski definition) is 5. The van der Waals surface area contributed by atoms with Crippen LogP contribution in [0.2, 0.25) is 0 Å². The van der Waals surface area contributed by atoms with Gasteiger partial charge in [0.05, 0.1) is 0 Å². The van der Waals surface area contributed by atoms with Crippen molar-refractivity contribution in [3.05, 3.63) is 0 Å². The third-order valence-electron chi connectivity index (χ3n) is 4.21. The van der Waals surface area contributed by atoms with Crippen LogP contribution in [0.25, 0.3) is 0 Å². The fourth-order valence-corrected chi connectivity index (χ4v) is 2.61. The highest BCUT2D eigenvalue weighted by Crippen LogP contribution is 2.16. The molecule has 0 aromatic heterocycles. The Bertz CT molecular complexity index is 510. The van der Waals surface area contributed by atoms with Crippen molar-refractivity contribution in [2.45, 2.75) is 78.3 Å². The predicted molar refractivity (Wildman–Crippen MR) is 100 cm³/mol. The highest BCUT2D eigenvalue weighted by molar-refractivity contribution is 5.92. The zero-order valence-corrected chi connectivity index (χ0v) is 16.7. The number of rotatable bonds is 13. The summed E-state index contributed by atoms with van der Waals surface area (Å²) in [5, 5.41) is 13.9. The van der Waals surface area contributed by atoms with Gasteiger partial charge in [0.1, 0.15) is 12.1 Å². The number of hydrogen-bond donors (Lipinski definition) is 5. The van der Waals surface area contributed by atoms with Crippen LogP contribution >= 0.6 is 0 Å². The van der Waals surface area contributed by atoms with Crippen molar-refractivity contribution >= 4 is 23.6 Å². The first-order valence-corrected chi connectivity index (χ1v) is 9.45. The van der Waals surface area contributed by atoms with Gasteiger partial charge in [0.25, 0.3) is 0 Å². The maximum atomic E-state index is 12.7. The zero-order valence-electron chi connectivity index (χ0n) is 16.7. The summed E-state index contributed by atoms with van der Waals surface area (Å²) < 4.78 is 0. The standard InChI is InChI=1S/C18H34N4O5/c1-5-6-7-8-13(10-15(23)22-27)17(25)21-14(9-11(2)3)18(26)20-12(4)16(19)24/h11-14,27H,5-10H2,1-4H3,(H2,19,24)(H,20,26)(H,21,25)(H,22,23)/t12-,13-,14+/m0/s1. The maximum absolute atomic E-state index is 12.7. The van der Waals surface area contributed by atoms with E-state index in [1.807, 2.05) is 20.8 Å². The Labute approximate surface area is 160 Å². The first-order valence-electron chi connectivity index (χ1n) is 9.45. The summed E-state index contributed by atoms with van der Waals surface area (Å²) in [5.41, 5.74) is 6.70. The van der Waals surface area contributed by atoms with Crippen LogP contribution in [0.5, 0.6) is 0 Å². The summed E-state index contributed by atoms with van der Waals surface area (Å²) in [4.78, 5) is 47.8. The van der Waals surface area contributed by atoms with Gasteiger partial charge < -0.3 is 16.4 Å². The van der Waals surface area contributed by atoms with Gasteiger partial charge in [-0.25, -0.2) is 5.48 Å². The summed E-state index contributed by atoms with van der Waals surface area (Å²) in [6.07, 6.45) is 3.31. The Hall–Kier alpha value is -2.16. The lowest BCUT2D eigenvalue weighted by Crippen LogP contribution is -2.53. The van der Waals surface area contributed by atoms with Crippen molar-refractivity contribution in [1.82, 2.24) is 16.1 Å². The molecule has 6 N–H and O–H groups in total. The first-order chi connectivity index (χ1) is 12.6. The molecule has 0 aromatic rings. The van der Waals surface area contributed by atoms with Crippen LogP contribution < -0.4 is 21.8 Å². The Morgan fingerprint density at radius 1 is 1.00 bits per heavy atom. The van der Waals surface area contributed by atoms with E-state index in [0.717, 1.165) is 19.3 Å². The van der Waals surface area contributed by atoms with Crippen molar-refractivity contribution < 1.29 is 24.4 Å². The van der Waals surface area contributed by atoms with Gasteiger partial charge in [-0.15, -0.1) is 0 Å². The molecule has 0 heterocycles. The molecular formula is C18H34N4O5. The summed E-state index contributed by atoms with van der Waals surface area (Å²) in [7, 11) is 0. The highest BCUT2D eigenvalue weighted by atomic mass is 16.5. The van der Waals surface area contributed by atoms with E-state index in [0.29, 0.717) is 12.8 Å². The second-order valence-corrected chi connectivity index (χ2v) is 7.26. The molecular weight excluding hydrogens is 352 g/mol. The topological polar surface area (TPSA) is 151 Å². The number of nitrogens with one attached hydrogen (secondary N) is 3. The van der Waals surface area contributed by atoms with Crippen molar-refractivity contribution in [2.75, 3.05) is 0 Å². The number of carbonyl (C=O) groups is 4. The molecule has 0 spiro atoms. The molecule has 27 heavy (non-hydrogen) atoms. The highest BCUT2D eigenvalue weighted by Gasteiger charge is 2.28. The fraction of sp³-hybridized carbons (Fsp3) is 0.778. The molecule has 3 atom stereocenters. The smallest absolute Gasteiger partial charge is 0.244 e. The van der Waals surface area contributed by atoms with Crippen LogP contribution in [-0.4, -0.2) is 40.9 Å². The lowest BCUT2D eigenvalue weighted by molar-refractivity contribution is -0.136. The molecule has 0 saturated carbocycles. The lowest BCUT2D eigenvalue weighted by Gasteiger charge is -2.24. The second-order valence-electron chi connectivity index (χ2n) is 7.26. The molecule has 0 aromatic carbocycles. The van der Waals surface area contributed by atoms with E-state index in [2.05, 4.69) is 10.6 Å². The van der Waals surface area contributed by atoms with E-state index in [4.69, 9.17) is 10.9 Å². The van der Waals surface area contributed by atoms with Crippen molar-refractivity contribution in [3.63, 3.8) is 0 Å². The Morgan fingerprint density at radius 3 is 2.11 bits per heavy atom. The molecule has 0 unspecified atom stereocenters. The minimum Gasteiger partial charge on any atom is -0.368 e. The molecule has 9 heteroatoms. The molecule has 0 fully saturated rings. The van der Waals surface area contributed by atoms with Crippen LogP contribution in [0.1, 0.15) is 66.2 Å². The summed E-state index contributed by atoms with van der Waals surface area (Å²) >= 11 is 0. The van der Waals surface area contributed by atoms with Gasteiger partial charge in [0, 0.05) is 12.3 Å². The summed E-state index contributed by atoms with van der Waals surface area (Å²) in [6, 6.07) is -1.70. The third-order valence-corrected chi connectivity index (χ3v) is 4.21. The SMILES string of the molecule is CCCCC[C@@H](CC(=O)NO)C(=O)N[C@H](CC(C)C)C(=O)N[C@@H](C)C(N)=O. The van der Waals surface area contributed by atoms with E-state index in [1.54, 1.807) is 0 Å². The van der Waals surface area contributed by atoms with Gasteiger partial charge >= 0.3 is 0 Å². The molecule has 156 valence electrons. The zero-order chi connectivity index (χ0) is 21.0. The van der Waals surface area contributed by atoms with Crippen LogP contribution in [0, 0.1) is 11.8 Å². The van der Waals surface area contributed by atoms with Crippen molar-refractivity contribution in [2.24, 2.45) is 17.6 Å². The Morgan fingerprint density at radius 2 is 1.63 bits per heavy atom. The first kappa shape index (κ1) is 24.8. The van der Waals surface area contributed by atoms with Gasteiger partial charge in [-0.3, -0.25) is 24.4 Å². The van der Waals surface area contributed by atoms with E-state index >= 15 is 0 Å². The van der Waals surface area contributed by atoms with Gasteiger partial charge in [-0.2, -0.15) is 0 Å². The van der Waals surface area contributed by atoms with E-state index in [1.165, 1.54) is 12.4 Å². The minimum atomic E-state index is -0.857. The number of carbonyl (C=O) groups excluding carboxylic acids is 4. The Balaban J connectivity index is 5.13. The number of unbranched alkanes of at least 4 members (excludes halogenated alkanes) is 2. The molecule has 0 rings (SSSR count). The molecule has 4 amide bonds. The monoisotopic (exact) mass is 386 g/mol. The molecule has 0 saturated heterocycles. The number of primary amides is 1. The molecule has 0 bridgehead atoms. The van der Waals surface area contributed by atoms with Gasteiger partial charge in [0.15, 0.2) is 0 Å². The lowest BCUT2D eigenvalue weighted by atomic mass is 9.95. The van der Waals surface area contributed by atoms with Gasteiger partial charge in [-0.05, 0) is 25.7 Å². The van der Waals surface area contributed by atoms with E-state index in [9.17, 15) is 19.2 Å². The average Bonchev–Trinajstić information content (AvgIpc) is 2.59. The van der Waals surface area contributed by atoms with Crippen LogP contribution in [0.3, 0.4) is 0 Å². The number of nitrogens with two attached hydrogens (primary N) is 1. The molecule has 0 aliphatic rings. The van der Waals surface area contributed by atoms with Crippen LogP contribution in [0.15, 0.2) is 0 Å². The molecule has 9 nitrogen and oxygen atoms in total. The van der Waals surface area contributed by atoms with Crippen LogP contribution in [-0.2, 0) is 19.2 Å². The Kier molecular flexibility index (Phi) is 12.0.